The maximum atomic E-state index is 12.0. The first-order valence-electron chi connectivity index (χ1n) is 7.49. The van der Waals surface area contributed by atoms with Gasteiger partial charge in [-0.1, -0.05) is 37.3 Å². The van der Waals surface area contributed by atoms with Gasteiger partial charge in [0.15, 0.2) is 5.13 Å². The van der Waals surface area contributed by atoms with Crippen LogP contribution < -0.4 is 5.32 Å². The molecular formula is C17H20ClN3OS. The summed E-state index contributed by atoms with van der Waals surface area (Å²) >= 11 is 1.59. The van der Waals surface area contributed by atoms with E-state index in [0.29, 0.717) is 5.13 Å². The molecule has 0 unspecified atom stereocenters. The van der Waals surface area contributed by atoms with E-state index in [-0.39, 0.29) is 18.3 Å². The Kier molecular flexibility index (Phi) is 6.33. The van der Waals surface area contributed by atoms with Crippen molar-refractivity contribution in [1.82, 2.24) is 9.88 Å². The fraction of sp³-hybridized carbons (Fsp3) is 0.294. The Balaban J connectivity index is 0.00000192. The first-order valence-corrected chi connectivity index (χ1v) is 8.31. The minimum Gasteiger partial charge on any atom is -0.298 e. The third kappa shape index (κ3) is 4.64. The van der Waals surface area contributed by atoms with Crippen molar-refractivity contribution in [3.05, 3.63) is 52.5 Å². The second kappa shape index (κ2) is 8.24. The number of nitrogens with one attached hydrogen (secondary N) is 1. The van der Waals surface area contributed by atoms with Crippen LogP contribution in [0.2, 0.25) is 0 Å². The van der Waals surface area contributed by atoms with Crippen molar-refractivity contribution in [2.24, 2.45) is 0 Å². The lowest BCUT2D eigenvalue weighted by Gasteiger charge is -2.23. The number of nitrogens with zero attached hydrogens (tertiary/aromatic N) is 2. The van der Waals surface area contributed by atoms with Gasteiger partial charge in [0, 0.05) is 30.5 Å². The molecule has 1 aliphatic rings. The molecule has 0 fully saturated rings. The lowest BCUT2D eigenvalue weighted by atomic mass is 10.2. The molecule has 23 heavy (non-hydrogen) atoms. The molecule has 1 amide bonds. The van der Waals surface area contributed by atoms with Gasteiger partial charge in [-0.2, -0.15) is 0 Å². The zero-order valence-electron chi connectivity index (χ0n) is 13.0. The minimum atomic E-state index is -0.137. The van der Waals surface area contributed by atoms with Crippen molar-refractivity contribution in [1.29, 1.82) is 0 Å². The average molecular weight is 350 g/mol. The number of aromatic nitrogens is 1. The van der Waals surface area contributed by atoms with E-state index in [0.717, 1.165) is 37.3 Å². The van der Waals surface area contributed by atoms with Crippen LogP contribution in [0.1, 0.15) is 23.1 Å². The number of anilines is 1. The zero-order valence-corrected chi connectivity index (χ0v) is 14.6. The molecule has 0 aliphatic carbocycles. The second-order valence-electron chi connectivity index (χ2n) is 5.24. The highest BCUT2D eigenvalue weighted by Crippen LogP contribution is 2.28. The number of hydrogen-bond donors (Lipinski definition) is 1. The lowest BCUT2D eigenvalue weighted by Crippen LogP contribution is -2.29. The van der Waals surface area contributed by atoms with E-state index in [9.17, 15) is 4.79 Å². The quantitative estimate of drug-likeness (QED) is 0.858. The summed E-state index contributed by atoms with van der Waals surface area (Å²) in [6, 6.07) is 9.78. The van der Waals surface area contributed by atoms with Crippen molar-refractivity contribution in [3.8, 4) is 0 Å². The predicted octanol–water partition coefficient (Wildman–Crippen LogP) is 3.59. The Morgan fingerprint density at radius 3 is 2.91 bits per heavy atom. The maximum absolute atomic E-state index is 12.0. The van der Waals surface area contributed by atoms with Gasteiger partial charge in [0.1, 0.15) is 0 Å². The molecule has 1 aromatic carbocycles. The van der Waals surface area contributed by atoms with E-state index in [4.69, 9.17) is 0 Å². The van der Waals surface area contributed by atoms with Gasteiger partial charge in [0.2, 0.25) is 5.91 Å². The van der Waals surface area contributed by atoms with Crippen molar-refractivity contribution in [3.63, 3.8) is 0 Å². The number of amides is 1. The molecule has 2 aromatic rings. The summed E-state index contributed by atoms with van der Waals surface area (Å²) in [4.78, 5) is 20.2. The van der Waals surface area contributed by atoms with E-state index < -0.39 is 0 Å². The summed E-state index contributed by atoms with van der Waals surface area (Å²) in [6.07, 6.45) is 4.32. The number of fused-ring (bicyclic) bond motifs is 1. The number of rotatable bonds is 4. The fourth-order valence-corrected chi connectivity index (χ4v) is 3.51. The molecule has 122 valence electrons. The maximum Gasteiger partial charge on any atom is 0.250 e. The number of halogens is 1. The van der Waals surface area contributed by atoms with E-state index >= 15 is 0 Å². The molecule has 0 spiro atoms. The number of hydrogen-bond acceptors (Lipinski definition) is 4. The molecule has 0 bridgehead atoms. The van der Waals surface area contributed by atoms with Gasteiger partial charge in [0.25, 0.3) is 0 Å². The Hall–Kier alpha value is -1.69. The lowest BCUT2D eigenvalue weighted by molar-refractivity contribution is -0.111. The van der Waals surface area contributed by atoms with Crippen LogP contribution in [0.15, 0.2) is 36.4 Å². The largest absolute Gasteiger partial charge is 0.298 e. The molecule has 3 rings (SSSR count). The van der Waals surface area contributed by atoms with Crippen LogP contribution in [0, 0.1) is 0 Å². The average Bonchev–Trinajstić information content (AvgIpc) is 2.95. The molecule has 1 N–H and O–H groups in total. The van der Waals surface area contributed by atoms with E-state index in [1.54, 1.807) is 17.4 Å². The molecule has 0 saturated carbocycles. The van der Waals surface area contributed by atoms with Crippen molar-refractivity contribution in [2.75, 3.05) is 18.4 Å². The SMILES string of the molecule is CCN1CCc2nc(NC(=O)/C=C/c3ccccc3)sc2C1.Cl. The molecule has 2 heterocycles. The molecule has 6 heteroatoms. The Labute approximate surface area is 146 Å². The Bertz CT molecular complexity index is 684. The highest BCUT2D eigenvalue weighted by atomic mass is 35.5. The number of benzene rings is 1. The number of carbonyl (C=O) groups is 1. The second-order valence-corrected chi connectivity index (χ2v) is 6.32. The molecular weight excluding hydrogens is 330 g/mol. The third-order valence-corrected chi connectivity index (χ3v) is 4.71. The van der Waals surface area contributed by atoms with Gasteiger partial charge in [-0.15, -0.1) is 23.7 Å². The first-order chi connectivity index (χ1) is 10.7. The van der Waals surface area contributed by atoms with Gasteiger partial charge >= 0.3 is 0 Å². The van der Waals surface area contributed by atoms with Gasteiger partial charge in [-0.3, -0.25) is 15.0 Å². The summed E-state index contributed by atoms with van der Waals surface area (Å²) in [5.74, 6) is -0.137. The normalized spacial score (nSPS) is 14.3. The van der Waals surface area contributed by atoms with Crippen molar-refractivity contribution >= 4 is 40.9 Å². The third-order valence-electron chi connectivity index (χ3n) is 3.71. The molecule has 1 aromatic heterocycles. The van der Waals surface area contributed by atoms with Gasteiger partial charge < -0.3 is 0 Å². The summed E-state index contributed by atoms with van der Waals surface area (Å²) in [5, 5.41) is 3.57. The minimum absolute atomic E-state index is 0. The topological polar surface area (TPSA) is 45.2 Å². The first kappa shape index (κ1) is 17.7. The standard InChI is InChI=1S/C17H19N3OS.ClH/c1-2-20-11-10-14-15(12-20)22-17(18-14)19-16(21)9-8-13-6-4-3-5-7-13;/h3-9H,2,10-12H2,1H3,(H,18,19,21);1H/b9-8+;. The Morgan fingerprint density at radius 1 is 1.39 bits per heavy atom. The number of thiazole rings is 1. The van der Waals surface area contributed by atoms with Crippen LogP contribution >= 0.6 is 23.7 Å². The monoisotopic (exact) mass is 349 g/mol. The van der Waals surface area contributed by atoms with Crippen LogP contribution in [0.5, 0.6) is 0 Å². The predicted molar refractivity (Wildman–Crippen MR) is 98.1 cm³/mol. The summed E-state index contributed by atoms with van der Waals surface area (Å²) < 4.78 is 0. The smallest absolute Gasteiger partial charge is 0.250 e. The van der Waals surface area contributed by atoms with E-state index in [2.05, 4.69) is 22.1 Å². The van der Waals surface area contributed by atoms with Crippen LogP contribution in [0.3, 0.4) is 0 Å². The van der Waals surface area contributed by atoms with Gasteiger partial charge in [-0.25, -0.2) is 4.98 Å². The van der Waals surface area contributed by atoms with Crippen LogP contribution in [0.25, 0.3) is 6.08 Å². The summed E-state index contributed by atoms with van der Waals surface area (Å²) in [5.41, 5.74) is 2.15. The van der Waals surface area contributed by atoms with Crippen LogP contribution in [-0.2, 0) is 17.8 Å². The van der Waals surface area contributed by atoms with Crippen LogP contribution in [-0.4, -0.2) is 28.9 Å². The van der Waals surface area contributed by atoms with Gasteiger partial charge in [0.05, 0.1) is 5.69 Å². The summed E-state index contributed by atoms with van der Waals surface area (Å²) in [6.45, 7) is 5.22. The number of likely N-dealkylation sites (N-methyl/N-ethyl adjacent to an activating group) is 1. The van der Waals surface area contributed by atoms with E-state index in [1.807, 2.05) is 36.4 Å². The summed E-state index contributed by atoms with van der Waals surface area (Å²) in [7, 11) is 0. The van der Waals surface area contributed by atoms with Gasteiger partial charge in [-0.05, 0) is 18.2 Å². The highest BCUT2D eigenvalue weighted by Gasteiger charge is 2.19. The van der Waals surface area contributed by atoms with Crippen molar-refractivity contribution in [2.45, 2.75) is 19.9 Å². The van der Waals surface area contributed by atoms with Crippen LogP contribution in [0.4, 0.5) is 5.13 Å². The van der Waals surface area contributed by atoms with E-state index in [1.165, 1.54) is 4.88 Å². The highest BCUT2D eigenvalue weighted by molar-refractivity contribution is 7.15. The molecule has 0 saturated heterocycles. The number of carbonyl (C=O) groups excluding carboxylic acids is 1. The van der Waals surface area contributed by atoms with Crippen molar-refractivity contribution < 1.29 is 4.79 Å². The fourth-order valence-electron chi connectivity index (χ4n) is 2.45. The zero-order chi connectivity index (χ0) is 15.4. The molecule has 4 nitrogen and oxygen atoms in total. The molecule has 0 atom stereocenters. The molecule has 0 radical (unpaired) electrons. The Morgan fingerprint density at radius 2 is 2.17 bits per heavy atom. The molecule has 1 aliphatic heterocycles.